The minimum Gasteiger partial charge on any atom is -0.350 e. The summed E-state index contributed by atoms with van der Waals surface area (Å²) < 4.78 is 0. The van der Waals surface area contributed by atoms with Gasteiger partial charge in [0, 0.05) is 31.7 Å². The molecule has 1 aliphatic heterocycles. The summed E-state index contributed by atoms with van der Waals surface area (Å²) in [6, 6.07) is 2.05. The summed E-state index contributed by atoms with van der Waals surface area (Å²) in [6.45, 7) is 10.4. The van der Waals surface area contributed by atoms with Gasteiger partial charge in [-0.3, -0.25) is 4.79 Å². The van der Waals surface area contributed by atoms with Crippen molar-refractivity contribution in [1.82, 2.24) is 15.5 Å². The lowest BCUT2D eigenvalue weighted by Crippen LogP contribution is -2.37. The lowest BCUT2D eigenvalue weighted by atomic mass is 9.94. The number of benzene rings is 1. The van der Waals surface area contributed by atoms with Crippen molar-refractivity contribution in [3.05, 3.63) is 33.9 Å². The van der Waals surface area contributed by atoms with Crippen LogP contribution in [0, 0.1) is 27.7 Å². The van der Waals surface area contributed by atoms with Gasteiger partial charge >= 0.3 is 6.03 Å². The number of hydrogen-bond acceptors (Lipinski definition) is 2. The Bertz CT molecular complexity index is 555. The highest BCUT2D eigenvalue weighted by Gasteiger charge is 2.20. The molecule has 114 valence electrons. The Morgan fingerprint density at radius 3 is 2.38 bits per heavy atom. The third-order valence-electron chi connectivity index (χ3n) is 4.21. The van der Waals surface area contributed by atoms with E-state index in [1.54, 1.807) is 4.90 Å². The minimum absolute atomic E-state index is 0.0528. The van der Waals surface area contributed by atoms with Crippen LogP contribution in [-0.4, -0.2) is 43.0 Å². The van der Waals surface area contributed by atoms with Crippen LogP contribution in [0.2, 0.25) is 0 Å². The molecule has 0 spiro atoms. The Balaban J connectivity index is 2.02. The fourth-order valence-corrected chi connectivity index (χ4v) is 2.67. The third kappa shape index (κ3) is 3.17. The quantitative estimate of drug-likeness (QED) is 0.886. The van der Waals surface area contributed by atoms with Crippen LogP contribution in [0.5, 0.6) is 0 Å². The molecule has 0 bridgehead atoms. The van der Waals surface area contributed by atoms with E-state index in [0.717, 1.165) is 27.8 Å². The first-order chi connectivity index (χ1) is 9.91. The number of rotatable bonds is 4. The van der Waals surface area contributed by atoms with Crippen LogP contribution in [0.4, 0.5) is 4.79 Å². The molecule has 5 heteroatoms. The van der Waals surface area contributed by atoms with Crippen molar-refractivity contribution in [2.75, 3.05) is 26.2 Å². The summed E-state index contributed by atoms with van der Waals surface area (Å²) >= 11 is 0. The van der Waals surface area contributed by atoms with E-state index in [1.807, 2.05) is 27.7 Å². The molecule has 1 fully saturated rings. The van der Waals surface area contributed by atoms with Gasteiger partial charge in [0.25, 0.3) is 5.91 Å². The topological polar surface area (TPSA) is 61.4 Å². The van der Waals surface area contributed by atoms with E-state index >= 15 is 0 Å². The van der Waals surface area contributed by atoms with Crippen LogP contribution >= 0.6 is 0 Å². The van der Waals surface area contributed by atoms with E-state index in [1.165, 1.54) is 0 Å². The zero-order valence-electron chi connectivity index (χ0n) is 13.2. The molecular weight excluding hydrogens is 266 g/mol. The highest BCUT2D eigenvalue weighted by Crippen LogP contribution is 2.21. The van der Waals surface area contributed by atoms with E-state index in [-0.39, 0.29) is 11.9 Å². The van der Waals surface area contributed by atoms with Crippen LogP contribution in [0.15, 0.2) is 6.07 Å². The molecule has 1 aromatic carbocycles. The number of aryl methyl sites for hydroxylation is 2. The standard InChI is InChI=1S/C16H23N3O2/c1-10-9-11(2)13(4)14(12(10)3)15(20)17-5-7-19-8-6-18-16(19)21/h9H,5-8H2,1-4H3,(H,17,20)(H,18,21). The normalized spacial score (nSPS) is 14.3. The molecular formula is C16H23N3O2. The Morgan fingerprint density at radius 2 is 1.86 bits per heavy atom. The lowest BCUT2D eigenvalue weighted by Gasteiger charge is -2.17. The Labute approximate surface area is 125 Å². The summed E-state index contributed by atoms with van der Waals surface area (Å²) in [7, 11) is 0. The van der Waals surface area contributed by atoms with Crippen LogP contribution in [0.25, 0.3) is 0 Å². The molecule has 1 saturated heterocycles. The van der Waals surface area contributed by atoms with Crippen molar-refractivity contribution >= 4 is 11.9 Å². The van der Waals surface area contributed by atoms with Crippen LogP contribution in [-0.2, 0) is 0 Å². The first-order valence-corrected chi connectivity index (χ1v) is 7.30. The first kappa shape index (κ1) is 15.4. The molecule has 0 aromatic heterocycles. The van der Waals surface area contributed by atoms with E-state index in [2.05, 4.69) is 16.7 Å². The number of carbonyl (C=O) groups excluding carboxylic acids is 2. The molecule has 2 rings (SSSR count). The number of urea groups is 1. The van der Waals surface area contributed by atoms with E-state index in [9.17, 15) is 9.59 Å². The minimum atomic E-state index is -0.0589. The van der Waals surface area contributed by atoms with Gasteiger partial charge in [0.2, 0.25) is 0 Å². The number of nitrogens with zero attached hydrogens (tertiary/aromatic N) is 1. The highest BCUT2D eigenvalue weighted by atomic mass is 16.2. The van der Waals surface area contributed by atoms with Gasteiger partial charge in [-0.25, -0.2) is 4.79 Å². The molecule has 1 aromatic rings. The molecule has 21 heavy (non-hydrogen) atoms. The van der Waals surface area contributed by atoms with Gasteiger partial charge in [-0.15, -0.1) is 0 Å². The van der Waals surface area contributed by atoms with Gasteiger partial charge in [-0.05, 0) is 49.9 Å². The molecule has 3 amide bonds. The van der Waals surface area contributed by atoms with Crippen LogP contribution < -0.4 is 10.6 Å². The van der Waals surface area contributed by atoms with Crippen molar-refractivity contribution in [3.8, 4) is 0 Å². The molecule has 0 radical (unpaired) electrons. The van der Waals surface area contributed by atoms with E-state index < -0.39 is 0 Å². The monoisotopic (exact) mass is 289 g/mol. The first-order valence-electron chi connectivity index (χ1n) is 7.30. The molecule has 0 atom stereocenters. The van der Waals surface area contributed by atoms with Crippen LogP contribution in [0.3, 0.4) is 0 Å². The summed E-state index contributed by atoms with van der Waals surface area (Å²) in [5.41, 5.74) is 5.06. The Morgan fingerprint density at radius 1 is 1.24 bits per heavy atom. The maximum Gasteiger partial charge on any atom is 0.317 e. The molecule has 1 aliphatic rings. The Kier molecular flexibility index (Phi) is 4.50. The van der Waals surface area contributed by atoms with E-state index in [0.29, 0.717) is 26.2 Å². The Hall–Kier alpha value is -2.04. The van der Waals surface area contributed by atoms with Crippen molar-refractivity contribution < 1.29 is 9.59 Å². The van der Waals surface area contributed by atoms with Crippen LogP contribution in [0.1, 0.15) is 32.6 Å². The molecule has 1 heterocycles. The predicted octanol–water partition coefficient (Wildman–Crippen LogP) is 1.68. The number of nitrogens with one attached hydrogen (secondary N) is 2. The van der Waals surface area contributed by atoms with Crippen molar-refractivity contribution in [2.45, 2.75) is 27.7 Å². The summed E-state index contributed by atoms with van der Waals surface area (Å²) in [4.78, 5) is 25.5. The number of hydrogen-bond donors (Lipinski definition) is 2. The molecule has 0 aliphatic carbocycles. The summed E-state index contributed by atoms with van der Waals surface area (Å²) in [6.07, 6.45) is 0. The number of carbonyl (C=O) groups is 2. The van der Waals surface area contributed by atoms with E-state index in [4.69, 9.17) is 0 Å². The highest BCUT2D eigenvalue weighted by molar-refractivity contribution is 5.97. The van der Waals surface area contributed by atoms with Crippen molar-refractivity contribution in [1.29, 1.82) is 0 Å². The zero-order valence-corrected chi connectivity index (χ0v) is 13.2. The predicted molar refractivity (Wildman–Crippen MR) is 82.7 cm³/mol. The SMILES string of the molecule is Cc1cc(C)c(C)c(C(=O)NCCN2CCNC2=O)c1C. The zero-order chi connectivity index (χ0) is 15.6. The summed E-state index contributed by atoms with van der Waals surface area (Å²) in [5, 5.41) is 5.67. The maximum atomic E-state index is 12.4. The third-order valence-corrected chi connectivity index (χ3v) is 4.21. The maximum absolute atomic E-state index is 12.4. The van der Waals surface area contributed by atoms with Gasteiger partial charge < -0.3 is 15.5 Å². The average Bonchev–Trinajstić information content (AvgIpc) is 2.83. The van der Waals surface area contributed by atoms with Crippen molar-refractivity contribution in [2.24, 2.45) is 0 Å². The fourth-order valence-electron chi connectivity index (χ4n) is 2.67. The van der Waals surface area contributed by atoms with Crippen molar-refractivity contribution in [3.63, 3.8) is 0 Å². The van der Waals surface area contributed by atoms with Gasteiger partial charge in [0.1, 0.15) is 0 Å². The van der Waals surface area contributed by atoms with Gasteiger partial charge in [0.15, 0.2) is 0 Å². The van der Waals surface area contributed by atoms with Gasteiger partial charge in [0.05, 0.1) is 0 Å². The smallest absolute Gasteiger partial charge is 0.317 e. The molecule has 0 saturated carbocycles. The van der Waals surface area contributed by atoms with Gasteiger partial charge in [-0.1, -0.05) is 6.07 Å². The fraction of sp³-hybridized carbons (Fsp3) is 0.500. The summed E-state index contributed by atoms with van der Waals surface area (Å²) in [5.74, 6) is -0.0589. The molecule has 2 N–H and O–H groups in total. The average molecular weight is 289 g/mol. The molecule has 5 nitrogen and oxygen atoms in total. The molecule has 0 unspecified atom stereocenters. The second-order valence-corrected chi connectivity index (χ2v) is 5.61. The number of amides is 3. The largest absolute Gasteiger partial charge is 0.350 e. The van der Waals surface area contributed by atoms with Gasteiger partial charge in [-0.2, -0.15) is 0 Å². The second kappa shape index (κ2) is 6.16. The lowest BCUT2D eigenvalue weighted by molar-refractivity contribution is 0.0949. The second-order valence-electron chi connectivity index (χ2n) is 5.61.